The van der Waals surface area contributed by atoms with Crippen LogP contribution in [-0.2, 0) is 4.74 Å². The lowest BCUT2D eigenvalue weighted by Crippen LogP contribution is -2.24. The zero-order valence-electron chi connectivity index (χ0n) is 6.90. The van der Waals surface area contributed by atoms with E-state index in [-0.39, 0.29) is 0 Å². The van der Waals surface area contributed by atoms with E-state index in [1.54, 1.807) is 0 Å². The Morgan fingerprint density at radius 2 is 2.17 bits per heavy atom. The molecule has 1 unspecified atom stereocenters. The summed E-state index contributed by atoms with van der Waals surface area (Å²) in [5, 5.41) is 13.9. The Labute approximate surface area is 71.1 Å². The standard InChI is InChI=1S/C6H13NO.CH2O3/c7-4-6-2-1-3-8-5-6;2-1(3)4/h6H,1-5,7H2;(H2,2,3,4). The number of ether oxygens (including phenoxy) is 1. The van der Waals surface area contributed by atoms with Crippen molar-refractivity contribution in [2.24, 2.45) is 11.7 Å². The molecule has 5 nitrogen and oxygen atoms in total. The van der Waals surface area contributed by atoms with Gasteiger partial charge >= 0.3 is 6.16 Å². The Morgan fingerprint density at radius 1 is 1.58 bits per heavy atom. The highest BCUT2D eigenvalue weighted by atomic mass is 16.6. The summed E-state index contributed by atoms with van der Waals surface area (Å²) in [5.74, 6) is 0.642. The van der Waals surface area contributed by atoms with Crippen LogP contribution in [0.15, 0.2) is 0 Å². The number of hydrogen-bond donors (Lipinski definition) is 3. The average Bonchev–Trinajstić information content (AvgIpc) is 2.05. The van der Waals surface area contributed by atoms with Crippen molar-refractivity contribution in [2.45, 2.75) is 12.8 Å². The Morgan fingerprint density at radius 3 is 2.42 bits per heavy atom. The van der Waals surface area contributed by atoms with Crippen LogP contribution in [0.5, 0.6) is 0 Å². The van der Waals surface area contributed by atoms with Gasteiger partial charge in [-0.05, 0) is 25.3 Å². The maximum Gasteiger partial charge on any atom is 0.503 e. The number of carboxylic acid groups (broad SMARTS) is 2. The van der Waals surface area contributed by atoms with Crippen molar-refractivity contribution in [1.82, 2.24) is 0 Å². The zero-order valence-corrected chi connectivity index (χ0v) is 6.90. The topological polar surface area (TPSA) is 92.8 Å². The van der Waals surface area contributed by atoms with Crippen molar-refractivity contribution in [1.29, 1.82) is 0 Å². The largest absolute Gasteiger partial charge is 0.503 e. The van der Waals surface area contributed by atoms with E-state index >= 15 is 0 Å². The van der Waals surface area contributed by atoms with E-state index in [0.717, 1.165) is 19.8 Å². The second kappa shape index (κ2) is 6.87. The molecule has 1 heterocycles. The van der Waals surface area contributed by atoms with Crippen molar-refractivity contribution in [2.75, 3.05) is 19.8 Å². The molecule has 0 saturated carbocycles. The van der Waals surface area contributed by atoms with Gasteiger partial charge in [-0.3, -0.25) is 0 Å². The number of carbonyl (C=O) groups is 1. The molecule has 0 aromatic rings. The average molecular weight is 177 g/mol. The molecule has 1 aliphatic rings. The summed E-state index contributed by atoms with van der Waals surface area (Å²) in [4.78, 5) is 8.56. The summed E-state index contributed by atoms with van der Waals surface area (Å²) in [7, 11) is 0. The lowest BCUT2D eigenvalue weighted by atomic mass is 10.0. The number of rotatable bonds is 1. The molecule has 0 aliphatic carbocycles. The van der Waals surface area contributed by atoms with Crippen molar-refractivity contribution >= 4 is 6.16 Å². The quantitative estimate of drug-likeness (QED) is 0.545. The van der Waals surface area contributed by atoms with Crippen LogP contribution >= 0.6 is 0 Å². The van der Waals surface area contributed by atoms with Crippen LogP contribution in [0.1, 0.15) is 12.8 Å². The normalized spacial score (nSPS) is 22.2. The Bertz CT molecular complexity index is 119. The number of hydrogen-bond acceptors (Lipinski definition) is 3. The molecule has 1 aliphatic heterocycles. The Hall–Kier alpha value is -0.810. The lowest BCUT2D eigenvalue weighted by Gasteiger charge is -2.19. The third-order valence-electron chi connectivity index (χ3n) is 1.59. The first-order valence-electron chi connectivity index (χ1n) is 3.86. The monoisotopic (exact) mass is 177 g/mol. The minimum absolute atomic E-state index is 0.642. The minimum Gasteiger partial charge on any atom is -0.450 e. The summed E-state index contributed by atoms with van der Waals surface area (Å²) >= 11 is 0. The highest BCUT2D eigenvalue weighted by Gasteiger charge is 2.10. The van der Waals surface area contributed by atoms with Gasteiger partial charge in [-0.2, -0.15) is 0 Å². The van der Waals surface area contributed by atoms with E-state index in [1.807, 2.05) is 0 Å². The van der Waals surface area contributed by atoms with Crippen LogP contribution in [0.4, 0.5) is 4.79 Å². The predicted octanol–water partition coefficient (Wildman–Crippen LogP) is 0.594. The van der Waals surface area contributed by atoms with Crippen LogP contribution in [0.2, 0.25) is 0 Å². The third kappa shape index (κ3) is 7.30. The molecule has 1 atom stereocenters. The van der Waals surface area contributed by atoms with Crippen molar-refractivity contribution < 1.29 is 19.7 Å². The van der Waals surface area contributed by atoms with Crippen molar-refractivity contribution in [3.8, 4) is 0 Å². The maximum absolute atomic E-state index is 8.56. The van der Waals surface area contributed by atoms with E-state index in [1.165, 1.54) is 12.8 Å². The molecule has 1 rings (SSSR count). The Kier molecular flexibility index (Phi) is 6.41. The van der Waals surface area contributed by atoms with E-state index in [2.05, 4.69) is 0 Å². The van der Waals surface area contributed by atoms with Gasteiger partial charge in [-0.15, -0.1) is 0 Å². The minimum atomic E-state index is -1.83. The lowest BCUT2D eigenvalue weighted by molar-refractivity contribution is 0.0580. The fourth-order valence-corrected chi connectivity index (χ4v) is 0.993. The smallest absolute Gasteiger partial charge is 0.450 e. The summed E-state index contributed by atoms with van der Waals surface area (Å²) in [6.45, 7) is 2.62. The van der Waals surface area contributed by atoms with Gasteiger partial charge in [0.05, 0.1) is 6.61 Å². The molecule has 0 bridgehead atoms. The molecular formula is C7H15NO4. The van der Waals surface area contributed by atoms with E-state index in [4.69, 9.17) is 25.5 Å². The summed E-state index contributed by atoms with van der Waals surface area (Å²) in [6.07, 6.45) is 0.623. The van der Waals surface area contributed by atoms with Crippen LogP contribution in [0, 0.1) is 5.92 Å². The first-order chi connectivity index (χ1) is 5.66. The third-order valence-corrected chi connectivity index (χ3v) is 1.59. The van der Waals surface area contributed by atoms with Crippen LogP contribution in [0.25, 0.3) is 0 Å². The van der Waals surface area contributed by atoms with E-state index in [0.29, 0.717) is 5.92 Å². The molecule has 0 spiro atoms. The van der Waals surface area contributed by atoms with Crippen molar-refractivity contribution in [3.05, 3.63) is 0 Å². The molecule has 1 fully saturated rings. The Balaban J connectivity index is 0.000000261. The molecule has 4 N–H and O–H groups in total. The summed E-state index contributed by atoms with van der Waals surface area (Å²) in [6, 6.07) is 0. The van der Waals surface area contributed by atoms with E-state index in [9.17, 15) is 0 Å². The second-order valence-corrected chi connectivity index (χ2v) is 2.60. The van der Waals surface area contributed by atoms with Gasteiger partial charge in [-0.1, -0.05) is 0 Å². The van der Waals surface area contributed by atoms with Gasteiger partial charge in [0, 0.05) is 6.61 Å². The maximum atomic E-state index is 8.56. The zero-order chi connectivity index (χ0) is 9.40. The van der Waals surface area contributed by atoms with Gasteiger partial charge in [-0.25, -0.2) is 4.79 Å². The van der Waals surface area contributed by atoms with Gasteiger partial charge in [0.1, 0.15) is 0 Å². The molecule has 72 valence electrons. The molecule has 12 heavy (non-hydrogen) atoms. The molecule has 0 radical (unpaired) electrons. The molecule has 0 aromatic carbocycles. The molecule has 0 amide bonds. The van der Waals surface area contributed by atoms with Crippen LogP contribution in [-0.4, -0.2) is 36.1 Å². The first kappa shape index (κ1) is 11.2. The van der Waals surface area contributed by atoms with E-state index < -0.39 is 6.16 Å². The second-order valence-electron chi connectivity index (χ2n) is 2.60. The summed E-state index contributed by atoms with van der Waals surface area (Å²) < 4.78 is 5.19. The van der Waals surface area contributed by atoms with Gasteiger partial charge < -0.3 is 20.7 Å². The first-order valence-corrected chi connectivity index (χ1v) is 3.86. The fraction of sp³-hybridized carbons (Fsp3) is 0.857. The van der Waals surface area contributed by atoms with Gasteiger partial charge in [0.2, 0.25) is 0 Å². The molecule has 5 heteroatoms. The van der Waals surface area contributed by atoms with Gasteiger partial charge in [0.25, 0.3) is 0 Å². The fourth-order valence-electron chi connectivity index (χ4n) is 0.993. The number of nitrogens with two attached hydrogens (primary N) is 1. The molecule has 0 aromatic heterocycles. The SMILES string of the molecule is NCC1CCCOC1.O=C(O)O. The summed E-state index contributed by atoms with van der Waals surface area (Å²) in [5.41, 5.74) is 5.42. The highest BCUT2D eigenvalue weighted by Crippen LogP contribution is 2.10. The van der Waals surface area contributed by atoms with Crippen LogP contribution in [0.3, 0.4) is 0 Å². The van der Waals surface area contributed by atoms with Gasteiger partial charge in [0.15, 0.2) is 0 Å². The predicted molar refractivity (Wildman–Crippen MR) is 43.3 cm³/mol. The van der Waals surface area contributed by atoms with Crippen LogP contribution < -0.4 is 5.73 Å². The molecule has 1 saturated heterocycles. The molecular weight excluding hydrogens is 162 g/mol. The van der Waals surface area contributed by atoms with Crippen molar-refractivity contribution in [3.63, 3.8) is 0 Å². The highest BCUT2D eigenvalue weighted by molar-refractivity contribution is 5.53.